The van der Waals surface area contributed by atoms with E-state index in [0.717, 1.165) is 10.2 Å². The van der Waals surface area contributed by atoms with E-state index in [1.165, 1.54) is 7.11 Å². The van der Waals surface area contributed by atoms with Crippen molar-refractivity contribution in [3.8, 4) is 5.69 Å². The molecule has 1 aromatic carbocycles. The highest BCUT2D eigenvalue weighted by molar-refractivity contribution is 9.10. The summed E-state index contributed by atoms with van der Waals surface area (Å²) in [6.45, 7) is 0. The molecule has 0 unspecified atom stereocenters. The van der Waals surface area contributed by atoms with Crippen LogP contribution in [0.1, 0.15) is 10.4 Å². The monoisotopic (exact) mass is 280 g/mol. The molecule has 0 spiro atoms. The van der Waals surface area contributed by atoms with Gasteiger partial charge in [0.05, 0.1) is 18.4 Å². The summed E-state index contributed by atoms with van der Waals surface area (Å²) in [4.78, 5) is 11.3. The molecule has 0 radical (unpaired) electrons. The molecule has 0 bridgehead atoms. The lowest BCUT2D eigenvalue weighted by Gasteiger charge is -2.06. The fraction of sp³-hybridized carbons (Fsp3) is 0.0909. The predicted octanol–water partition coefficient (Wildman–Crippen LogP) is 2.42. The summed E-state index contributed by atoms with van der Waals surface area (Å²) in [6.07, 6.45) is 3.53. The van der Waals surface area contributed by atoms with E-state index in [9.17, 15) is 4.79 Å². The van der Waals surface area contributed by atoms with Crippen molar-refractivity contribution in [3.63, 3.8) is 0 Å². The van der Waals surface area contributed by atoms with Gasteiger partial charge in [-0.25, -0.2) is 9.48 Å². The van der Waals surface area contributed by atoms with Crippen molar-refractivity contribution in [1.82, 2.24) is 9.78 Å². The molecule has 0 aliphatic heterocycles. The summed E-state index contributed by atoms with van der Waals surface area (Å²) < 4.78 is 7.14. The summed E-state index contributed by atoms with van der Waals surface area (Å²) in [5.41, 5.74) is 1.38. The van der Waals surface area contributed by atoms with Crippen LogP contribution in [0.15, 0.2) is 41.1 Å². The predicted molar refractivity (Wildman–Crippen MR) is 62.6 cm³/mol. The Balaban J connectivity index is 2.41. The molecule has 0 saturated carbocycles. The second-order valence-electron chi connectivity index (χ2n) is 3.11. The van der Waals surface area contributed by atoms with Crippen LogP contribution in [0.3, 0.4) is 0 Å². The third-order valence-corrected chi connectivity index (χ3v) is 2.76. The Morgan fingerprint density at radius 3 is 2.88 bits per heavy atom. The lowest BCUT2D eigenvalue weighted by molar-refractivity contribution is 0.0600. The standard InChI is InChI=1S/C11H9BrN2O2/c1-16-11(15)8-3-4-10(9(12)7-8)14-6-2-5-13-14/h2-7H,1H3. The Morgan fingerprint density at radius 2 is 2.31 bits per heavy atom. The Kier molecular flexibility index (Phi) is 3.05. The van der Waals surface area contributed by atoms with Gasteiger partial charge in [0, 0.05) is 16.9 Å². The van der Waals surface area contributed by atoms with Gasteiger partial charge in [0.25, 0.3) is 0 Å². The van der Waals surface area contributed by atoms with Gasteiger partial charge in [-0.3, -0.25) is 0 Å². The summed E-state index contributed by atoms with van der Waals surface area (Å²) in [7, 11) is 1.36. The molecule has 5 heteroatoms. The molecular weight excluding hydrogens is 272 g/mol. The van der Waals surface area contributed by atoms with Gasteiger partial charge in [-0.05, 0) is 40.2 Å². The molecule has 0 atom stereocenters. The van der Waals surface area contributed by atoms with Gasteiger partial charge < -0.3 is 4.74 Å². The van der Waals surface area contributed by atoms with Crippen molar-refractivity contribution in [3.05, 3.63) is 46.7 Å². The molecule has 0 fully saturated rings. The SMILES string of the molecule is COC(=O)c1ccc(-n2cccn2)c(Br)c1. The van der Waals surface area contributed by atoms with E-state index >= 15 is 0 Å². The first-order valence-electron chi connectivity index (χ1n) is 4.60. The zero-order valence-electron chi connectivity index (χ0n) is 8.55. The highest BCUT2D eigenvalue weighted by atomic mass is 79.9. The smallest absolute Gasteiger partial charge is 0.337 e. The lowest BCUT2D eigenvalue weighted by atomic mass is 10.2. The second kappa shape index (κ2) is 4.49. The van der Waals surface area contributed by atoms with Crippen molar-refractivity contribution in [2.45, 2.75) is 0 Å². The van der Waals surface area contributed by atoms with Gasteiger partial charge >= 0.3 is 5.97 Å². The van der Waals surface area contributed by atoms with Crippen LogP contribution in [-0.2, 0) is 4.74 Å². The van der Waals surface area contributed by atoms with Crippen molar-refractivity contribution >= 4 is 21.9 Å². The van der Waals surface area contributed by atoms with E-state index in [1.54, 1.807) is 23.0 Å². The Hall–Kier alpha value is -1.62. The van der Waals surface area contributed by atoms with Crippen LogP contribution in [-0.4, -0.2) is 22.9 Å². The number of halogens is 1. The first kappa shape index (κ1) is 10.9. The minimum absolute atomic E-state index is 0.354. The zero-order chi connectivity index (χ0) is 11.5. The number of carbonyl (C=O) groups excluding carboxylic acids is 1. The normalized spacial score (nSPS) is 10.1. The molecule has 2 rings (SSSR count). The molecule has 16 heavy (non-hydrogen) atoms. The average Bonchev–Trinajstić information content (AvgIpc) is 2.81. The van der Waals surface area contributed by atoms with Crippen LogP contribution in [0, 0.1) is 0 Å². The van der Waals surface area contributed by atoms with Gasteiger partial charge in [-0.15, -0.1) is 0 Å². The van der Waals surface area contributed by atoms with Crippen molar-refractivity contribution in [2.24, 2.45) is 0 Å². The Morgan fingerprint density at radius 1 is 1.50 bits per heavy atom. The number of hydrogen-bond donors (Lipinski definition) is 0. The highest BCUT2D eigenvalue weighted by Gasteiger charge is 2.09. The quantitative estimate of drug-likeness (QED) is 0.794. The first-order chi connectivity index (χ1) is 7.72. The van der Waals surface area contributed by atoms with Crippen LogP contribution in [0.4, 0.5) is 0 Å². The number of ether oxygens (including phenoxy) is 1. The lowest BCUT2D eigenvalue weighted by Crippen LogP contribution is -2.03. The van der Waals surface area contributed by atoms with E-state index in [1.807, 2.05) is 18.3 Å². The molecule has 1 heterocycles. The molecule has 2 aromatic rings. The van der Waals surface area contributed by atoms with Crippen LogP contribution in [0.5, 0.6) is 0 Å². The number of rotatable bonds is 2. The maximum Gasteiger partial charge on any atom is 0.337 e. The fourth-order valence-electron chi connectivity index (χ4n) is 1.35. The van der Waals surface area contributed by atoms with E-state index in [0.29, 0.717) is 5.56 Å². The zero-order valence-corrected chi connectivity index (χ0v) is 10.1. The van der Waals surface area contributed by atoms with Crippen molar-refractivity contribution < 1.29 is 9.53 Å². The summed E-state index contributed by atoms with van der Waals surface area (Å²) in [6, 6.07) is 7.06. The highest BCUT2D eigenvalue weighted by Crippen LogP contribution is 2.22. The van der Waals surface area contributed by atoms with Gasteiger partial charge in [-0.2, -0.15) is 5.10 Å². The topological polar surface area (TPSA) is 44.1 Å². The molecule has 0 N–H and O–H groups in total. The first-order valence-corrected chi connectivity index (χ1v) is 5.39. The third kappa shape index (κ3) is 1.99. The van der Waals surface area contributed by atoms with Gasteiger partial charge in [0.2, 0.25) is 0 Å². The van der Waals surface area contributed by atoms with E-state index in [-0.39, 0.29) is 5.97 Å². The molecule has 0 saturated heterocycles. The maximum atomic E-state index is 11.3. The van der Waals surface area contributed by atoms with Crippen molar-refractivity contribution in [2.75, 3.05) is 7.11 Å². The molecule has 0 amide bonds. The number of methoxy groups -OCH3 is 1. The van der Waals surface area contributed by atoms with Gasteiger partial charge in [0.1, 0.15) is 0 Å². The largest absolute Gasteiger partial charge is 0.465 e. The molecular formula is C11H9BrN2O2. The van der Waals surface area contributed by atoms with Crippen LogP contribution < -0.4 is 0 Å². The van der Waals surface area contributed by atoms with Gasteiger partial charge in [-0.1, -0.05) is 0 Å². The number of aromatic nitrogens is 2. The third-order valence-electron chi connectivity index (χ3n) is 2.12. The number of benzene rings is 1. The van der Waals surface area contributed by atoms with Crippen molar-refractivity contribution in [1.29, 1.82) is 0 Å². The van der Waals surface area contributed by atoms with E-state index in [2.05, 4.69) is 25.8 Å². The number of nitrogens with zero attached hydrogens (tertiary/aromatic N) is 2. The molecule has 1 aromatic heterocycles. The van der Waals surface area contributed by atoms with E-state index in [4.69, 9.17) is 0 Å². The fourth-order valence-corrected chi connectivity index (χ4v) is 1.91. The number of hydrogen-bond acceptors (Lipinski definition) is 3. The molecule has 82 valence electrons. The number of esters is 1. The maximum absolute atomic E-state index is 11.3. The van der Waals surface area contributed by atoms with Gasteiger partial charge in [0.15, 0.2) is 0 Å². The Labute approximate surface area is 101 Å². The molecule has 4 nitrogen and oxygen atoms in total. The number of carbonyl (C=O) groups is 1. The van der Waals surface area contributed by atoms with Crippen LogP contribution in [0.25, 0.3) is 5.69 Å². The summed E-state index contributed by atoms with van der Waals surface area (Å²) in [5, 5.41) is 4.11. The average molecular weight is 281 g/mol. The Bertz CT molecular complexity index is 509. The molecule has 0 aliphatic carbocycles. The second-order valence-corrected chi connectivity index (χ2v) is 3.96. The van der Waals surface area contributed by atoms with Crippen LogP contribution >= 0.6 is 15.9 Å². The summed E-state index contributed by atoms with van der Waals surface area (Å²) >= 11 is 3.40. The minimum Gasteiger partial charge on any atom is -0.465 e. The summed E-state index contributed by atoms with van der Waals surface area (Å²) in [5.74, 6) is -0.354. The van der Waals surface area contributed by atoms with E-state index < -0.39 is 0 Å². The minimum atomic E-state index is -0.354. The van der Waals surface area contributed by atoms with Crippen LogP contribution in [0.2, 0.25) is 0 Å². The molecule has 0 aliphatic rings.